The van der Waals surface area contributed by atoms with Crippen LogP contribution in [0.1, 0.15) is 39.0 Å². The van der Waals surface area contributed by atoms with Crippen molar-refractivity contribution in [3.05, 3.63) is 0 Å². The predicted octanol–water partition coefficient (Wildman–Crippen LogP) is 1.05. The van der Waals surface area contributed by atoms with Crippen LogP contribution in [0.3, 0.4) is 0 Å². The lowest BCUT2D eigenvalue weighted by Crippen LogP contribution is -2.46. The van der Waals surface area contributed by atoms with E-state index in [9.17, 15) is 9.59 Å². The van der Waals surface area contributed by atoms with E-state index in [0.717, 1.165) is 25.9 Å². The molecule has 4 heteroatoms. The normalized spacial score (nSPS) is 23.0. The Kier molecular flexibility index (Phi) is 4.15. The summed E-state index contributed by atoms with van der Waals surface area (Å²) in [5.41, 5.74) is 0. The van der Waals surface area contributed by atoms with Gasteiger partial charge in [0.25, 0.3) is 0 Å². The molecule has 2 aliphatic rings. The zero-order valence-corrected chi connectivity index (χ0v) is 10.7. The van der Waals surface area contributed by atoms with Gasteiger partial charge in [0.2, 0.25) is 5.91 Å². The Morgan fingerprint density at radius 2 is 1.65 bits per heavy atom. The molecule has 0 radical (unpaired) electrons. The van der Waals surface area contributed by atoms with Gasteiger partial charge in [-0.3, -0.25) is 9.59 Å². The molecule has 4 nitrogen and oxygen atoms in total. The molecule has 2 rings (SSSR count). The van der Waals surface area contributed by atoms with E-state index in [0.29, 0.717) is 6.04 Å². The maximum Gasteiger partial charge on any atom is 0.230 e. The van der Waals surface area contributed by atoms with Gasteiger partial charge < -0.3 is 9.80 Å². The lowest BCUT2D eigenvalue weighted by molar-refractivity contribution is -0.136. The first kappa shape index (κ1) is 12.6. The number of carbonyl (C=O) groups is 2. The van der Waals surface area contributed by atoms with Crippen molar-refractivity contribution in [1.29, 1.82) is 0 Å². The van der Waals surface area contributed by atoms with Gasteiger partial charge in [-0.2, -0.15) is 0 Å². The molecule has 0 aromatic carbocycles. The molecule has 0 bridgehead atoms. The SMILES string of the molecule is CC(=O)CC(=O)N1CCC(N2CCCC2)CC1. The van der Waals surface area contributed by atoms with Crippen molar-refractivity contribution in [1.82, 2.24) is 9.80 Å². The topological polar surface area (TPSA) is 40.6 Å². The summed E-state index contributed by atoms with van der Waals surface area (Å²) in [5, 5.41) is 0. The van der Waals surface area contributed by atoms with Gasteiger partial charge in [-0.1, -0.05) is 0 Å². The predicted molar refractivity (Wildman–Crippen MR) is 65.7 cm³/mol. The molecule has 0 saturated carbocycles. The van der Waals surface area contributed by atoms with E-state index >= 15 is 0 Å². The molecule has 0 aliphatic carbocycles. The summed E-state index contributed by atoms with van der Waals surface area (Å²) in [4.78, 5) is 27.1. The van der Waals surface area contributed by atoms with E-state index in [2.05, 4.69) is 4.90 Å². The Labute approximate surface area is 103 Å². The van der Waals surface area contributed by atoms with E-state index < -0.39 is 0 Å². The summed E-state index contributed by atoms with van der Waals surface area (Å²) >= 11 is 0. The summed E-state index contributed by atoms with van der Waals surface area (Å²) in [7, 11) is 0. The Morgan fingerprint density at radius 3 is 2.18 bits per heavy atom. The molecule has 2 fully saturated rings. The molecular weight excluding hydrogens is 216 g/mol. The van der Waals surface area contributed by atoms with Gasteiger partial charge in [0.1, 0.15) is 5.78 Å². The van der Waals surface area contributed by atoms with Crippen molar-refractivity contribution < 1.29 is 9.59 Å². The molecule has 0 aromatic rings. The van der Waals surface area contributed by atoms with Crippen molar-refractivity contribution in [2.24, 2.45) is 0 Å². The van der Waals surface area contributed by atoms with E-state index in [1.807, 2.05) is 4.90 Å². The zero-order chi connectivity index (χ0) is 12.3. The number of hydrogen-bond acceptors (Lipinski definition) is 3. The molecule has 2 heterocycles. The number of amides is 1. The standard InChI is InChI=1S/C13H22N2O2/c1-11(16)10-13(17)15-8-4-12(5-9-15)14-6-2-3-7-14/h12H,2-10H2,1H3. The molecule has 96 valence electrons. The molecule has 0 aromatic heterocycles. The van der Waals surface area contributed by atoms with Crippen molar-refractivity contribution in [2.75, 3.05) is 26.2 Å². The highest BCUT2D eigenvalue weighted by atomic mass is 16.2. The number of hydrogen-bond donors (Lipinski definition) is 0. The molecular formula is C13H22N2O2. The second-order valence-electron chi connectivity index (χ2n) is 5.23. The molecule has 0 unspecified atom stereocenters. The van der Waals surface area contributed by atoms with Crippen LogP contribution in [-0.2, 0) is 9.59 Å². The number of Topliss-reactive ketones (excluding diaryl/α,β-unsaturated/α-hetero) is 1. The number of ketones is 1. The third-order valence-electron chi connectivity index (χ3n) is 3.87. The van der Waals surface area contributed by atoms with Crippen LogP contribution < -0.4 is 0 Å². The maximum absolute atomic E-state index is 11.7. The molecule has 1 amide bonds. The molecule has 0 spiro atoms. The number of likely N-dealkylation sites (tertiary alicyclic amines) is 2. The minimum Gasteiger partial charge on any atom is -0.342 e. The summed E-state index contributed by atoms with van der Waals surface area (Å²) in [6.07, 6.45) is 4.87. The fourth-order valence-corrected chi connectivity index (χ4v) is 2.91. The summed E-state index contributed by atoms with van der Waals surface area (Å²) in [6, 6.07) is 0.666. The van der Waals surface area contributed by atoms with Crippen LogP contribution >= 0.6 is 0 Å². The lowest BCUT2D eigenvalue weighted by Gasteiger charge is -2.36. The van der Waals surface area contributed by atoms with E-state index in [1.54, 1.807) is 0 Å². The number of nitrogens with zero attached hydrogens (tertiary/aromatic N) is 2. The summed E-state index contributed by atoms with van der Waals surface area (Å²) in [5.74, 6) is -0.0194. The Bertz CT molecular complexity index is 290. The lowest BCUT2D eigenvalue weighted by atomic mass is 10.0. The Balaban J connectivity index is 1.77. The smallest absolute Gasteiger partial charge is 0.230 e. The average molecular weight is 238 g/mol. The number of rotatable bonds is 3. The van der Waals surface area contributed by atoms with Crippen molar-refractivity contribution in [2.45, 2.75) is 45.1 Å². The minimum absolute atomic E-state index is 0.0115. The van der Waals surface area contributed by atoms with Gasteiger partial charge in [0, 0.05) is 19.1 Å². The van der Waals surface area contributed by atoms with Crippen LogP contribution in [0.5, 0.6) is 0 Å². The third kappa shape index (κ3) is 3.28. The second kappa shape index (κ2) is 5.63. The van der Waals surface area contributed by atoms with Crippen LogP contribution in [0.4, 0.5) is 0 Å². The van der Waals surface area contributed by atoms with Gasteiger partial charge in [0.05, 0.1) is 6.42 Å². The fourth-order valence-electron chi connectivity index (χ4n) is 2.91. The van der Waals surface area contributed by atoms with Gasteiger partial charge in [0.15, 0.2) is 0 Å². The Hall–Kier alpha value is -0.900. The minimum atomic E-state index is -0.0309. The third-order valence-corrected chi connectivity index (χ3v) is 3.87. The van der Waals surface area contributed by atoms with E-state index in [4.69, 9.17) is 0 Å². The Morgan fingerprint density at radius 1 is 1.06 bits per heavy atom. The van der Waals surface area contributed by atoms with Gasteiger partial charge in [-0.05, 0) is 45.7 Å². The monoisotopic (exact) mass is 238 g/mol. The molecule has 2 saturated heterocycles. The van der Waals surface area contributed by atoms with Crippen LogP contribution in [-0.4, -0.2) is 53.7 Å². The summed E-state index contributed by atoms with van der Waals surface area (Å²) < 4.78 is 0. The van der Waals surface area contributed by atoms with Crippen LogP contribution in [0.15, 0.2) is 0 Å². The molecule has 17 heavy (non-hydrogen) atoms. The largest absolute Gasteiger partial charge is 0.342 e. The van der Waals surface area contributed by atoms with Crippen LogP contribution in [0, 0.1) is 0 Å². The first-order valence-electron chi connectivity index (χ1n) is 6.68. The quantitative estimate of drug-likeness (QED) is 0.690. The number of piperidine rings is 1. The second-order valence-corrected chi connectivity index (χ2v) is 5.23. The first-order valence-corrected chi connectivity index (χ1v) is 6.68. The van der Waals surface area contributed by atoms with Crippen molar-refractivity contribution in [3.8, 4) is 0 Å². The fraction of sp³-hybridized carbons (Fsp3) is 0.846. The summed E-state index contributed by atoms with van der Waals surface area (Å²) in [6.45, 7) is 5.59. The van der Waals surface area contributed by atoms with E-state index in [-0.39, 0.29) is 18.1 Å². The van der Waals surface area contributed by atoms with Gasteiger partial charge in [-0.15, -0.1) is 0 Å². The highest BCUT2D eigenvalue weighted by Crippen LogP contribution is 2.21. The van der Waals surface area contributed by atoms with E-state index in [1.165, 1.54) is 32.9 Å². The highest BCUT2D eigenvalue weighted by Gasteiger charge is 2.28. The molecule has 2 aliphatic heterocycles. The van der Waals surface area contributed by atoms with Crippen LogP contribution in [0.2, 0.25) is 0 Å². The molecule has 0 N–H and O–H groups in total. The zero-order valence-electron chi connectivity index (χ0n) is 10.7. The van der Waals surface area contributed by atoms with Crippen LogP contribution in [0.25, 0.3) is 0 Å². The first-order chi connectivity index (χ1) is 8.16. The molecule has 0 atom stereocenters. The average Bonchev–Trinajstić information content (AvgIpc) is 2.82. The van der Waals surface area contributed by atoms with Crippen molar-refractivity contribution >= 4 is 11.7 Å². The maximum atomic E-state index is 11.7. The number of carbonyl (C=O) groups excluding carboxylic acids is 2. The van der Waals surface area contributed by atoms with Crippen molar-refractivity contribution in [3.63, 3.8) is 0 Å². The van der Waals surface area contributed by atoms with Gasteiger partial charge in [-0.25, -0.2) is 0 Å². The van der Waals surface area contributed by atoms with Gasteiger partial charge >= 0.3 is 0 Å². The highest BCUT2D eigenvalue weighted by molar-refractivity contribution is 5.96.